The SMILES string of the molecule is CCCCc1cc(C)cc(C(=O)CN2C(=N)c3c(cc(OCC)c(OCC)c3F)C2(C)C)c1. The van der Waals surface area contributed by atoms with Crippen molar-refractivity contribution in [2.45, 2.75) is 66.3 Å². The van der Waals surface area contributed by atoms with Gasteiger partial charge in [-0.05, 0) is 76.8 Å². The molecule has 1 N–H and O–H groups in total. The molecule has 2 aromatic rings. The first-order chi connectivity index (χ1) is 15.6. The van der Waals surface area contributed by atoms with E-state index in [4.69, 9.17) is 14.9 Å². The normalized spacial score (nSPS) is 14.4. The molecule has 0 spiro atoms. The molecular weight excluding hydrogens is 419 g/mol. The number of nitrogens with one attached hydrogen (secondary N) is 1. The van der Waals surface area contributed by atoms with Crippen LogP contribution in [0.15, 0.2) is 24.3 Å². The number of halogens is 1. The average molecular weight is 455 g/mol. The summed E-state index contributed by atoms with van der Waals surface area (Å²) in [6, 6.07) is 7.70. The Hall–Kier alpha value is -2.89. The standard InChI is InChI=1S/C27H35FN2O3/c1-7-10-11-18-12-17(4)13-19(14-18)21(31)16-30-26(29)23-20(27(30,5)6)15-22(32-8-2)25(24(23)28)33-9-3/h12-15,29H,7-11,16H2,1-6H3. The van der Waals surface area contributed by atoms with Crippen molar-refractivity contribution in [1.29, 1.82) is 5.41 Å². The van der Waals surface area contributed by atoms with E-state index < -0.39 is 11.4 Å². The first kappa shape index (κ1) is 24.7. The van der Waals surface area contributed by atoms with E-state index in [1.165, 1.54) is 0 Å². The van der Waals surface area contributed by atoms with Gasteiger partial charge in [0.25, 0.3) is 0 Å². The number of Topliss-reactive ketones (excluding diaryl/α,β-unsaturated/α-hetero) is 1. The zero-order chi connectivity index (χ0) is 24.3. The highest BCUT2D eigenvalue weighted by atomic mass is 19.1. The number of rotatable bonds is 10. The van der Waals surface area contributed by atoms with Crippen LogP contribution in [0.1, 0.15) is 80.1 Å². The Labute approximate surface area is 196 Å². The fourth-order valence-electron chi connectivity index (χ4n) is 4.48. The molecular formula is C27H35FN2O3. The van der Waals surface area contributed by atoms with E-state index in [-0.39, 0.29) is 36.1 Å². The Morgan fingerprint density at radius 1 is 1.09 bits per heavy atom. The van der Waals surface area contributed by atoms with E-state index in [2.05, 4.69) is 13.0 Å². The Balaban J connectivity index is 1.96. The van der Waals surface area contributed by atoms with Gasteiger partial charge in [0.1, 0.15) is 5.84 Å². The van der Waals surface area contributed by atoms with Crippen LogP contribution in [0.4, 0.5) is 4.39 Å². The van der Waals surface area contributed by atoms with Gasteiger partial charge in [-0.15, -0.1) is 0 Å². The molecule has 0 atom stereocenters. The lowest BCUT2D eigenvalue weighted by atomic mass is 9.92. The molecule has 6 heteroatoms. The summed E-state index contributed by atoms with van der Waals surface area (Å²) in [5.74, 6) is -0.362. The third-order valence-corrected chi connectivity index (χ3v) is 6.20. The van der Waals surface area contributed by atoms with Crippen molar-refractivity contribution in [2.75, 3.05) is 19.8 Å². The third kappa shape index (κ3) is 4.75. The molecule has 0 unspecified atom stereocenters. The first-order valence-corrected chi connectivity index (χ1v) is 11.8. The molecule has 0 aliphatic carbocycles. The highest BCUT2D eigenvalue weighted by Crippen LogP contribution is 2.46. The summed E-state index contributed by atoms with van der Waals surface area (Å²) in [6.07, 6.45) is 3.09. The number of benzene rings is 2. The molecule has 178 valence electrons. The van der Waals surface area contributed by atoms with Crippen molar-refractivity contribution in [3.63, 3.8) is 0 Å². The summed E-state index contributed by atoms with van der Waals surface area (Å²) in [7, 11) is 0. The van der Waals surface area contributed by atoms with Crippen LogP contribution in [0.25, 0.3) is 0 Å². The maximum absolute atomic E-state index is 15.5. The van der Waals surface area contributed by atoms with Crippen molar-refractivity contribution in [2.24, 2.45) is 0 Å². The van der Waals surface area contributed by atoms with Crippen molar-refractivity contribution < 1.29 is 18.7 Å². The number of carbonyl (C=O) groups is 1. The highest BCUT2D eigenvalue weighted by Gasteiger charge is 2.45. The van der Waals surface area contributed by atoms with Gasteiger partial charge in [-0.25, -0.2) is 4.39 Å². The third-order valence-electron chi connectivity index (χ3n) is 6.20. The van der Waals surface area contributed by atoms with Gasteiger partial charge in [-0.2, -0.15) is 0 Å². The van der Waals surface area contributed by atoms with Crippen molar-refractivity contribution in [3.8, 4) is 11.5 Å². The van der Waals surface area contributed by atoms with E-state index in [1.807, 2.05) is 39.8 Å². The highest BCUT2D eigenvalue weighted by molar-refractivity contribution is 6.07. The zero-order valence-electron chi connectivity index (χ0n) is 20.6. The van der Waals surface area contributed by atoms with E-state index in [1.54, 1.807) is 17.9 Å². The molecule has 0 amide bonds. The van der Waals surface area contributed by atoms with Crippen LogP contribution in [0, 0.1) is 18.2 Å². The number of hydrogen-bond acceptors (Lipinski definition) is 4. The minimum atomic E-state index is -0.756. The summed E-state index contributed by atoms with van der Waals surface area (Å²) in [6.45, 7) is 12.2. The molecule has 0 saturated heterocycles. The van der Waals surface area contributed by atoms with Gasteiger partial charge in [-0.3, -0.25) is 10.2 Å². The van der Waals surface area contributed by atoms with E-state index in [9.17, 15) is 4.79 Å². The van der Waals surface area contributed by atoms with Gasteiger partial charge in [-0.1, -0.05) is 25.0 Å². The van der Waals surface area contributed by atoms with Crippen LogP contribution in [0.2, 0.25) is 0 Å². The smallest absolute Gasteiger partial charge is 0.197 e. The van der Waals surface area contributed by atoms with Gasteiger partial charge < -0.3 is 14.4 Å². The van der Waals surface area contributed by atoms with Crippen LogP contribution in [-0.2, 0) is 12.0 Å². The quantitative estimate of drug-likeness (QED) is 0.445. The Morgan fingerprint density at radius 2 is 1.79 bits per heavy atom. The molecule has 1 heterocycles. The van der Waals surface area contributed by atoms with Crippen molar-refractivity contribution >= 4 is 11.6 Å². The second kappa shape index (κ2) is 9.94. The summed E-state index contributed by atoms with van der Waals surface area (Å²) >= 11 is 0. The molecule has 0 saturated carbocycles. The zero-order valence-corrected chi connectivity index (χ0v) is 20.6. The average Bonchev–Trinajstić information content (AvgIpc) is 2.95. The second-order valence-electron chi connectivity index (χ2n) is 9.03. The lowest BCUT2D eigenvalue weighted by Gasteiger charge is -2.33. The lowest BCUT2D eigenvalue weighted by Crippen LogP contribution is -2.42. The molecule has 3 rings (SSSR count). The molecule has 0 aromatic heterocycles. The molecule has 33 heavy (non-hydrogen) atoms. The fraction of sp³-hybridized carbons (Fsp3) is 0.481. The Bertz CT molecular complexity index is 1060. The minimum absolute atomic E-state index is 0.00936. The maximum atomic E-state index is 15.5. The van der Waals surface area contributed by atoms with Gasteiger partial charge in [0.2, 0.25) is 0 Å². The number of unbranched alkanes of at least 4 members (excludes halogenated alkanes) is 1. The lowest BCUT2D eigenvalue weighted by molar-refractivity contribution is 0.0920. The van der Waals surface area contributed by atoms with Gasteiger partial charge >= 0.3 is 0 Å². The summed E-state index contributed by atoms with van der Waals surface area (Å²) in [5, 5.41) is 8.75. The molecule has 0 bridgehead atoms. The molecule has 0 fully saturated rings. The molecule has 0 radical (unpaired) electrons. The van der Waals surface area contributed by atoms with Gasteiger partial charge in [0.05, 0.1) is 30.9 Å². The number of ketones is 1. The van der Waals surface area contributed by atoms with Gasteiger partial charge in [0.15, 0.2) is 23.1 Å². The maximum Gasteiger partial charge on any atom is 0.197 e. The second-order valence-corrected chi connectivity index (χ2v) is 9.03. The van der Waals surface area contributed by atoms with Crippen LogP contribution >= 0.6 is 0 Å². The fourth-order valence-corrected chi connectivity index (χ4v) is 4.48. The molecule has 5 nitrogen and oxygen atoms in total. The first-order valence-electron chi connectivity index (χ1n) is 11.8. The van der Waals surface area contributed by atoms with Gasteiger partial charge in [0, 0.05) is 5.56 Å². The van der Waals surface area contributed by atoms with E-state index in [0.717, 1.165) is 30.4 Å². The summed E-state index contributed by atoms with van der Waals surface area (Å²) in [4.78, 5) is 15.0. The minimum Gasteiger partial charge on any atom is -0.490 e. The number of carbonyl (C=O) groups excluding carboxylic acids is 1. The topological polar surface area (TPSA) is 62.6 Å². The van der Waals surface area contributed by atoms with Crippen LogP contribution in [0.3, 0.4) is 0 Å². The number of fused-ring (bicyclic) bond motifs is 1. The van der Waals surface area contributed by atoms with Crippen molar-refractivity contribution in [1.82, 2.24) is 4.90 Å². The predicted octanol–water partition coefficient (Wildman–Crippen LogP) is 6.03. The predicted molar refractivity (Wildman–Crippen MR) is 129 cm³/mol. The number of hydrogen-bond donors (Lipinski definition) is 1. The van der Waals surface area contributed by atoms with Crippen LogP contribution in [0.5, 0.6) is 11.5 Å². The number of amidine groups is 1. The summed E-state index contributed by atoms with van der Waals surface area (Å²) in [5.41, 5.74) is 2.86. The number of aryl methyl sites for hydroxylation is 2. The van der Waals surface area contributed by atoms with E-state index >= 15 is 4.39 Å². The molecule has 1 aliphatic heterocycles. The largest absolute Gasteiger partial charge is 0.490 e. The number of nitrogens with zero attached hydrogens (tertiary/aromatic N) is 1. The van der Waals surface area contributed by atoms with Crippen LogP contribution in [-0.4, -0.2) is 36.3 Å². The Kier molecular flexibility index (Phi) is 7.45. The monoisotopic (exact) mass is 454 g/mol. The number of ether oxygens (including phenoxy) is 2. The van der Waals surface area contributed by atoms with Crippen LogP contribution < -0.4 is 9.47 Å². The van der Waals surface area contributed by atoms with Crippen molar-refractivity contribution in [3.05, 3.63) is 57.9 Å². The summed E-state index contributed by atoms with van der Waals surface area (Å²) < 4.78 is 26.7. The van der Waals surface area contributed by atoms with E-state index in [0.29, 0.717) is 23.5 Å². The Morgan fingerprint density at radius 3 is 2.42 bits per heavy atom. The molecule has 2 aromatic carbocycles. The molecule has 1 aliphatic rings.